The van der Waals surface area contributed by atoms with Gasteiger partial charge in [0.1, 0.15) is 0 Å². The number of benzene rings is 2. The van der Waals surface area contributed by atoms with Crippen molar-refractivity contribution in [2.45, 2.75) is 12.8 Å². The van der Waals surface area contributed by atoms with Gasteiger partial charge in [0, 0.05) is 24.1 Å². The normalized spacial score (nSPS) is 10.5. The molecule has 0 heterocycles. The molecule has 2 aromatic rings. The van der Waals surface area contributed by atoms with Crippen LogP contribution in [0.5, 0.6) is 34.5 Å². The van der Waals surface area contributed by atoms with Gasteiger partial charge in [0.25, 0.3) is 5.91 Å². The van der Waals surface area contributed by atoms with Crippen molar-refractivity contribution >= 4 is 11.7 Å². The summed E-state index contributed by atoms with van der Waals surface area (Å²) in [5.74, 6) is -4.99. The van der Waals surface area contributed by atoms with E-state index in [0.29, 0.717) is 0 Å². The summed E-state index contributed by atoms with van der Waals surface area (Å²) < 4.78 is 0. The third-order valence-corrected chi connectivity index (χ3v) is 3.59. The van der Waals surface area contributed by atoms with Crippen molar-refractivity contribution in [3.8, 4) is 34.5 Å². The highest BCUT2D eigenvalue weighted by Crippen LogP contribution is 2.36. The maximum absolute atomic E-state index is 12.0. The van der Waals surface area contributed by atoms with Crippen LogP contribution in [0.25, 0.3) is 0 Å². The number of carbonyl (C=O) groups excluding carboxylic acids is 2. The molecule has 2 rings (SSSR count). The highest BCUT2D eigenvalue weighted by molar-refractivity contribution is 5.97. The first-order chi connectivity index (χ1) is 12.2. The maximum Gasteiger partial charge on any atom is 0.251 e. The van der Waals surface area contributed by atoms with Crippen LogP contribution in [0.4, 0.5) is 0 Å². The zero-order valence-corrected chi connectivity index (χ0v) is 13.4. The van der Waals surface area contributed by atoms with Gasteiger partial charge in [-0.1, -0.05) is 0 Å². The Labute approximate surface area is 147 Å². The highest BCUT2D eigenvalue weighted by atomic mass is 16.3. The number of hydrogen-bond donors (Lipinski definition) is 7. The first-order valence-electron chi connectivity index (χ1n) is 7.52. The second-order valence-corrected chi connectivity index (χ2v) is 5.51. The molecule has 1 amide bonds. The fourth-order valence-corrected chi connectivity index (χ4v) is 2.20. The minimum Gasteiger partial charge on any atom is -0.504 e. The van der Waals surface area contributed by atoms with Crippen molar-refractivity contribution in [1.82, 2.24) is 5.32 Å². The molecular formula is C17H17NO8. The fraction of sp³-hybridized carbons (Fsp3) is 0.176. The minimum atomic E-state index is -0.729. The van der Waals surface area contributed by atoms with E-state index in [2.05, 4.69) is 5.32 Å². The van der Waals surface area contributed by atoms with Gasteiger partial charge in [-0.15, -0.1) is 0 Å². The Morgan fingerprint density at radius 1 is 0.731 bits per heavy atom. The Morgan fingerprint density at radius 3 is 1.62 bits per heavy atom. The molecule has 0 radical (unpaired) electrons. The molecule has 26 heavy (non-hydrogen) atoms. The number of ketones is 1. The quantitative estimate of drug-likeness (QED) is 0.229. The number of rotatable bonds is 6. The summed E-state index contributed by atoms with van der Waals surface area (Å²) in [6, 6.07) is 4.02. The molecule has 0 aliphatic carbocycles. The Balaban J connectivity index is 1.88. The zero-order valence-electron chi connectivity index (χ0n) is 13.4. The number of amides is 1. The van der Waals surface area contributed by atoms with Crippen LogP contribution in [-0.2, 0) is 0 Å². The van der Waals surface area contributed by atoms with Gasteiger partial charge in [0.05, 0.1) is 0 Å². The van der Waals surface area contributed by atoms with Crippen LogP contribution in [0.2, 0.25) is 0 Å². The molecule has 9 nitrogen and oxygen atoms in total. The number of phenols is 6. The van der Waals surface area contributed by atoms with Crippen molar-refractivity contribution in [3.63, 3.8) is 0 Å². The van der Waals surface area contributed by atoms with Crippen LogP contribution in [-0.4, -0.2) is 48.9 Å². The largest absolute Gasteiger partial charge is 0.504 e. The monoisotopic (exact) mass is 363 g/mol. The summed E-state index contributed by atoms with van der Waals surface area (Å²) in [4.78, 5) is 23.9. The number of hydrogen-bond acceptors (Lipinski definition) is 8. The van der Waals surface area contributed by atoms with Gasteiger partial charge in [-0.3, -0.25) is 9.59 Å². The van der Waals surface area contributed by atoms with Gasteiger partial charge in [0.2, 0.25) is 0 Å². The van der Waals surface area contributed by atoms with E-state index in [1.54, 1.807) is 0 Å². The molecule has 0 aromatic heterocycles. The van der Waals surface area contributed by atoms with Crippen molar-refractivity contribution in [3.05, 3.63) is 35.4 Å². The van der Waals surface area contributed by atoms with Gasteiger partial charge in [0.15, 0.2) is 40.3 Å². The van der Waals surface area contributed by atoms with Crippen molar-refractivity contribution in [2.75, 3.05) is 6.54 Å². The average Bonchev–Trinajstić information content (AvgIpc) is 2.59. The average molecular weight is 363 g/mol. The molecule has 0 aliphatic heterocycles. The summed E-state index contributed by atoms with van der Waals surface area (Å²) in [6.07, 6.45) is 0.235. The van der Waals surface area contributed by atoms with Crippen LogP contribution in [0.1, 0.15) is 33.6 Å². The Bertz CT molecular complexity index is 744. The molecule has 138 valence electrons. The molecule has 9 heteroatoms. The molecule has 0 saturated heterocycles. The number of phenolic OH excluding ortho intramolecular Hbond substituents is 6. The van der Waals surface area contributed by atoms with Gasteiger partial charge < -0.3 is 36.0 Å². The number of nitrogens with one attached hydrogen (secondary N) is 1. The predicted molar refractivity (Wildman–Crippen MR) is 88.8 cm³/mol. The summed E-state index contributed by atoms with van der Waals surface area (Å²) in [5, 5.41) is 58.5. The van der Waals surface area contributed by atoms with Crippen LogP contribution >= 0.6 is 0 Å². The molecule has 2 aromatic carbocycles. The first kappa shape index (κ1) is 18.7. The maximum atomic E-state index is 12.0. The Hall–Kier alpha value is -3.62. The molecule has 0 unspecified atom stereocenters. The van der Waals surface area contributed by atoms with Crippen LogP contribution in [0, 0.1) is 0 Å². The second kappa shape index (κ2) is 7.51. The molecule has 0 spiro atoms. The lowest BCUT2D eigenvalue weighted by atomic mass is 10.1. The van der Waals surface area contributed by atoms with Gasteiger partial charge in [-0.25, -0.2) is 0 Å². The van der Waals surface area contributed by atoms with E-state index < -0.39 is 46.2 Å². The van der Waals surface area contributed by atoms with Crippen LogP contribution < -0.4 is 5.32 Å². The smallest absolute Gasteiger partial charge is 0.251 e. The third kappa shape index (κ3) is 4.07. The van der Waals surface area contributed by atoms with E-state index in [4.69, 9.17) is 0 Å². The van der Waals surface area contributed by atoms with E-state index in [-0.39, 0.29) is 30.5 Å². The van der Waals surface area contributed by atoms with E-state index in [1.807, 2.05) is 0 Å². The summed E-state index contributed by atoms with van der Waals surface area (Å²) in [7, 11) is 0. The summed E-state index contributed by atoms with van der Waals surface area (Å²) in [6.45, 7) is 0.100. The molecule has 0 bridgehead atoms. The number of Topliss-reactive ketones (excluding diaryl/α,β-unsaturated/α-hetero) is 1. The SMILES string of the molecule is O=C(CCCNC(=O)c1cc(O)c(O)c(O)c1)c1cc(O)c(O)c(O)c1. The molecule has 0 fully saturated rings. The molecule has 0 saturated carbocycles. The summed E-state index contributed by atoms with van der Waals surface area (Å²) >= 11 is 0. The van der Waals surface area contributed by atoms with Crippen molar-refractivity contribution in [2.24, 2.45) is 0 Å². The summed E-state index contributed by atoms with van der Waals surface area (Å²) in [5.41, 5.74) is -0.0602. The lowest BCUT2D eigenvalue weighted by molar-refractivity contribution is 0.0937. The highest BCUT2D eigenvalue weighted by Gasteiger charge is 2.15. The van der Waals surface area contributed by atoms with Crippen molar-refractivity contribution < 1.29 is 40.2 Å². The van der Waals surface area contributed by atoms with E-state index in [9.17, 15) is 40.2 Å². The van der Waals surface area contributed by atoms with E-state index >= 15 is 0 Å². The minimum absolute atomic E-state index is 0.00396. The third-order valence-electron chi connectivity index (χ3n) is 3.59. The fourth-order valence-electron chi connectivity index (χ4n) is 2.20. The molecule has 0 atom stereocenters. The molecular weight excluding hydrogens is 346 g/mol. The number of aromatic hydroxyl groups is 6. The Kier molecular flexibility index (Phi) is 5.41. The lowest BCUT2D eigenvalue weighted by Gasteiger charge is -2.08. The van der Waals surface area contributed by atoms with Crippen LogP contribution in [0.15, 0.2) is 24.3 Å². The predicted octanol–water partition coefficient (Wildman–Crippen LogP) is 1.31. The van der Waals surface area contributed by atoms with Gasteiger partial charge in [-0.2, -0.15) is 0 Å². The van der Waals surface area contributed by atoms with E-state index in [1.165, 1.54) is 0 Å². The topological polar surface area (TPSA) is 168 Å². The second-order valence-electron chi connectivity index (χ2n) is 5.51. The van der Waals surface area contributed by atoms with E-state index in [0.717, 1.165) is 24.3 Å². The standard InChI is InChI=1S/C17H17NO8/c19-10(8-4-11(20)15(24)12(21)5-8)2-1-3-18-17(26)9-6-13(22)16(25)14(23)7-9/h4-7,20-25H,1-3H2,(H,18,26). The first-order valence-corrected chi connectivity index (χ1v) is 7.52. The number of carbonyl (C=O) groups is 2. The lowest BCUT2D eigenvalue weighted by Crippen LogP contribution is -2.24. The Morgan fingerprint density at radius 2 is 1.15 bits per heavy atom. The van der Waals surface area contributed by atoms with Gasteiger partial charge >= 0.3 is 0 Å². The van der Waals surface area contributed by atoms with Gasteiger partial charge in [-0.05, 0) is 30.7 Å². The zero-order chi connectivity index (χ0) is 19.4. The van der Waals surface area contributed by atoms with Crippen LogP contribution in [0.3, 0.4) is 0 Å². The van der Waals surface area contributed by atoms with Crippen molar-refractivity contribution in [1.29, 1.82) is 0 Å². The molecule has 0 aliphatic rings. The molecule has 7 N–H and O–H groups in total.